The second-order valence-corrected chi connectivity index (χ2v) is 6.15. The summed E-state index contributed by atoms with van der Waals surface area (Å²) in [5.74, 6) is 0.903. The molecular formula is C19H28N2O2. The molecule has 0 aliphatic heterocycles. The molecule has 2 rings (SSSR count). The number of methoxy groups -OCH3 is 1. The molecule has 4 nitrogen and oxygen atoms in total. The molecule has 0 fully saturated rings. The van der Waals surface area contributed by atoms with Crippen molar-refractivity contribution in [3.8, 4) is 5.75 Å². The van der Waals surface area contributed by atoms with Gasteiger partial charge in [0.1, 0.15) is 5.75 Å². The number of hydrogen-bond acceptors (Lipinski definition) is 3. The van der Waals surface area contributed by atoms with Crippen LogP contribution in [0.15, 0.2) is 23.8 Å². The van der Waals surface area contributed by atoms with E-state index >= 15 is 0 Å². The molecule has 0 bridgehead atoms. The first-order chi connectivity index (χ1) is 11.1. The Morgan fingerprint density at radius 1 is 1.26 bits per heavy atom. The molecule has 0 saturated heterocycles. The van der Waals surface area contributed by atoms with Crippen molar-refractivity contribution >= 4 is 11.6 Å². The second kappa shape index (κ2) is 8.61. The van der Waals surface area contributed by atoms with E-state index in [0.717, 1.165) is 35.5 Å². The number of aryl methyl sites for hydroxylation is 1. The summed E-state index contributed by atoms with van der Waals surface area (Å²) in [4.78, 5) is 12.0. The Morgan fingerprint density at radius 2 is 2.09 bits per heavy atom. The van der Waals surface area contributed by atoms with Gasteiger partial charge in [0.05, 0.1) is 13.7 Å². The highest BCUT2D eigenvalue weighted by Crippen LogP contribution is 2.28. The van der Waals surface area contributed by atoms with Crippen LogP contribution in [0.4, 0.5) is 5.69 Å². The van der Waals surface area contributed by atoms with Gasteiger partial charge in [-0.2, -0.15) is 0 Å². The van der Waals surface area contributed by atoms with Gasteiger partial charge in [0.15, 0.2) is 0 Å². The van der Waals surface area contributed by atoms with E-state index in [2.05, 4.69) is 16.7 Å². The van der Waals surface area contributed by atoms with Gasteiger partial charge in [-0.3, -0.25) is 4.79 Å². The van der Waals surface area contributed by atoms with Crippen molar-refractivity contribution in [2.24, 2.45) is 0 Å². The van der Waals surface area contributed by atoms with Gasteiger partial charge in [-0.1, -0.05) is 17.7 Å². The number of amides is 1. The van der Waals surface area contributed by atoms with E-state index in [1.165, 1.54) is 31.3 Å². The number of hydrogen-bond donors (Lipinski definition) is 2. The summed E-state index contributed by atoms with van der Waals surface area (Å²) >= 11 is 0. The summed E-state index contributed by atoms with van der Waals surface area (Å²) in [6, 6.07) is 3.99. The fourth-order valence-corrected chi connectivity index (χ4v) is 3.06. The van der Waals surface area contributed by atoms with Gasteiger partial charge in [0.25, 0.3) is 0 Å². The Hall–Kier alpha value is -1.97. The van der Waals surface area contributed by atoms with Gasteiger partial charge in [0.2, 0.25) is 5.91 Å². The maximum absolute atomic E-state index is 12.0. The van der Waals surface area contributed by atoms with Crippen molar-refractivity contribution in [1.82, 2.24) is 5.32 Å². The number of allylic oxidation sites excluding steroid dienone is 1. The standard InChI is InChI=1S/C19H28N2O2/c1-14-9-10-17(15(2)19(14)23-3)21-13-18(22)20-12-11-16-7-5-4-6-8-16/h7,9-10,21H,4-6,8,11-13H2,1-3H3,(H,20,22). The molecule has 1 aromatic carbocycles. The van der Waals surface area contributed by atoms with Crippen LogP contribution >= 0.6 is 0 Å². The maximum Gasteiger partial charge on any atom is 0.239 e. The molecule has 0 heterocycles. The van der Waals surface area contributed by atoms with E-state index < -0.39 is 0 Å². The number of rotatable bonds is 7. The van der Waals surface area contributed by atoms with Gasteiger partial charge in [-0.15, -0.1) is 0 Å². The second-order valence-electron chi connectivity index (χ2n) is 6.15. The molecule has 1 aliphatic carbocycles. The van der Waals surface area contributed by atoms with Gasteiger partial charge in [-0.05, 0) is 57.6 Å². The Bertz CT molecular complexity index is 579. The fourth-order valence-electron chi connectivity index (χ4n) is 3.06. The number of ether oxygens (including phenoxy) is 1. The van der Waals surface area contributed by atoms with Crippen LogP contribution in [0.2, 0.25) is 0 Å². The third kappa shape index (κ3) is 5.02. The van der Waals surface area contributed by atoms with E-state index in [1.807, 2.05) is 26.0 Å². The molecular weight excluding hydrogens is 288 g/mol. The van der Waals surface area contributed by atoms with Crippen molar-refractivity contribution in [3.05, 3.63) is 34.9 Å². The minimum atomic E-state index is 0.0281. The van der Waals surface area contributed by atoms with E-state index in [-0.39, 0.29) is 12.5 Å². The van der Waals surface area contributed by atoms with Gasteiger partial charge in [-0.25, -0.2) is 0 Å². The summed E-state index contributed by atoms with van der Waals surface area (Å²) in [5, 5.41) is 6.18. The summed E-state index contributed by atoms with van der Waals surface area (Å²) in [5.41, 5.74) is 4.56. The van der Waals surface area contributed by atoms with Crippen LogP contribution in [0, 0.1) is 13.8 Å². The fraction of sp³-hybridized carbons (Fsp3) is 0.526. The van der Waals surface area contributed by atoms with Crippen LogP contribution in [0.5, 0.6) is 5.75 Å². The number of carbonyl (C=O) groups is 1. The smallest absolute Gasteiger partial charge is 0.239 e. The molecule has 0 spiro atoms. The Balaban J connectivity index is 1.77. The average molecular weight is 316 g/mol. The number of carbonyl (C=O) groups excluding carboxylic acids is 1. The quantitative estimate of drug-likeness (QED) is 0.754. The lowest BCUT2D eigenvalue weighted by molar-refractivity contribution is -0.119. The first-order valence-corrected chi connectivity index (χ1v) is 8.44. The van der Waals surface area contributed by atoms with Crippen molar-refractivity contribution in [2.75, 3.05) is 25.5 Å². The minimum absolute atomic E-state index is 0.0281. The highest BCUT2D eigenvalue weighted by atomic mass is 16.5. The zero-order chi connectivity index (χ0) is 16.7. The van der Waals surface area contributed by atoms with Crippen LogP contribution in [-0.2, 0) is 4.79 Å². The van der Waals surface area contributed by atoms with Gasteiger partial charge in [0, 0.05) is 17.8 Å². The van der Waals surface area contributed by atoms with Crippen LogP contribution in [-0.4, -0.2) is 26.1 Å². The van der Waals surface area contributed by atoms with E-state index in [1.54, 1.807) is 7.11 Å². The van der Waals surface area contributed by atoms with E-state index in [9.17, 15) is 4.79 Å². The highest BCUT2D eigenvalue weighted by Gasteiger charge is 2.09. The zero-order valence-electron chi connectivity index (χ0n) is 14.5. The number of benzene rings is 1. The Kier molecular flexibility index (Phi) is 6.51. The molecule has 0 radical (unpaired) electrons. The Labute approximate surface area is 139 Å². The highest BCUT2D eigenvalue weighted by molar-refractivity contribution is 5.81. The molecule has 4 heteroatoms. The normalized spacial score (nSPS) is 14.1. The minimum Gasteiger partial charge on any atom is -0.496 e. The van der Waals surface area contributed by atoms with Crippen molar-refractivity contribution in [1.29, 1.82) is 0 Å². The molecule has 1 amide bonds. The van der Waals surface area contributed by atoms with Gasteiger partial charge >= 0.3 is 0 Å². The van der Waals surface area contributed by atoms with Crippen LogP contribution in [0.3, 0.4) is 0 Å². The number of nitrogens with one attached hydrogen (secondary N) is 2. The SMILES string of the molecule is COc1c(C)ccc(NCC(=O)NCCC2=CCCCC2)c1C. The predicted octanol–water partition coefficient (Wildman–Crippen LogP) is 3.73. The number of anilines is 1. The van der Waals surface area contributed by atoms with E-state index in [0.29, 0.717) is 0 Å². The van der Waals surface area contributed by atoms with Crippen molar-refractivity contribution in [3.63, 3.8) is 0 Å². The lowest BCUT2D eigenvalue weighted by atomic mass is 9.97. The molecule has 0 atom stereocenters. The van der Waals surface area contributed by atoms with Crippen LogP contribution in [0.25, 0.3) is 0 Å². The third-order valence-electron chi connectivity index (χ3n) is 4.40. The van der Waals surface area contributed by atoms with Gasteiger partial charge < -0.3 is 15.4 Å². The molecule has 0 unspecified atom stereocenters. The topological polar surface area (TPSA) is 50.4 Å². The molecule has 0 saturated carbocycles. The van der Waals surface area contributed by atoms with Crippen molar-refractivity contribution in [2.45, 2.75) is 46.0 Å². The molecule has 2 N–H and O–H groups in total. The Morgan fingerprint density at radius 3 is 2.78 bits per heavy atom. The van der Waals surface area contributed by atoms with Crippen LogP contribution in [0.1, 0.15) is 43.2 Å². The first-order valence-electron chi connectivity index (χ1n) is 8.44. The zero-order valence-corrected chi connectivity index (χ0v) is 14.5. The lowest BCUT2D eigenvalue weighted by Crippen LogP contribution is -2.31. The van der Waals surface area contributed by atoms with E-state index in [4.69, 9.17) is 4.74 Å². The maximum atomic E-state index is 12.0. The summed E-state index contributed by atoms with van der Waals surface area (Å²) < 4.78 is 5.41. The molecule has 1 aromatic rings. The largest absolute Gasteiger partial charge is 0.496 e. The summed E-state index contributed by atoms with van der Waals surface area (Å²) in [6.07, 6.45) is 8.28. The molecule has 23 heavy (non-hydrogen) atoms. The molecule has 126 valence electrons. The summed E-state index contributed by atoms with van der Waals surface area (Å²) in [7, 11) is 1.67. The third-order valence-corrected chi connectivity index (χ3v) is 4.40. The summed E-state index contributed by atoms with van der Waals surface area (Å²) in [6.45, 7) is 5.03. The predicted molar refractivity (Wildman–Crippen MR) is 95.1 cm³/mol. The molecule has 1 aliphatic rings. The van der Waals surface area contributed by atoms with Crippen molar-refractivity contribution < 1.29 is 9.53 Å². The first kappa shape index (κ1) is 17.4. The van der Waals surface area contributed by atoms with Crippen LogP contribution < -0.4 is 15.4 Å². The molecule has 0 aromatic heterocycles. The average Bonchev–Trinajstić information content (AvgIpc) is 2.55. The monoisotopic (exact) mass is 316 g/mol. The lowest BCUT2D eigenvalue weighted by Gasteiger charge is -2.15.